The first-order chi connectivity index (χ1) is 9.48. The lowest BCUT2D eigenvalue weighted by molar-refractivity contribution is 0.0228. The van der Waals surface area contributed by atoms with Crippen LogP contribution in [-0.2, 0) is 13.8 Å². The van der Waals surface area contributed by atoms with E-state index in [1.165, 1.54) is 6.07 Å². The molecule has 7 heteroatoms. The molecule has 0 aliphatic rings. The molecule has 0 saturated carbocycles. The van der Waals surface area contributed by atoms with Crippen molar-refractivity contribution in [1.82, 2.24) is 5.32 Å². The monoisotopic (exact) mass is 333 g/mol. The van der Waals surface area contributed by atoms with Crippen LogP contribution in [0, 0.1) is 13.8 Å². The van der Waals surface area contributed by atoms with E-state index in [-0.39, 0.29) is 16.4 Å². The fourth-order valence-corrected chi connectivity index (χ4v) is 3.00. The number of hydrogen-bond donors (Lipinski definition) is 1. The quantitative estimate of drug-likeness (QED) is 0.840. The van der Waals surface area contributed by atoms with Gasteiger partial charge in [-0.25, -0.2) is 8.42 Å². The van der Waals surface area contributed by atoms with Crippen LogP contribution in [0.1, 0.15) is 35.3 Å². The van der Waals surface area contributed by atoms with Gasteiger partial charge in [-0.1, -0.05) is 6.07 Å². The Morgan fingerprint density at radius 1 is 1.29 bits per heavy atom. The van der Waals surface area contributed by atoms with Crippen molar-refractivity contribution < 1.29 is 17.9 Å². The average Bonchev–Trinajstić information content (AvgIpc) is 2.34. The van der Waals surface area contributed by atoms with Crippen molar-refractivity contribution in [1.29, 1.82) is 0 Å². The molecule has 0 aliphatic heterocycles. The third kappa shape index (κ3) is 4.69. The van der Waals surface area contributed by atoms with Crippen LogP contribution >= 0.6 is 10.7 Å². The number of methoxy groups -OCH3 is 1. The van der Waals surface area contributed by atoms with Crippen LogP contribution in [0.25, 0.3) is 0 Å². The van der Waals surface area contributed by atoms with E-state index in [4.69, 9.17) is 15.4 Å². The van der Waals surface area contributed by atoms with Gasteiger partial charge in [-0.2, -0.15) is 0 Å². The van der Waals surface area contributed by atoms with Gasteiger partial charge in [0.15, 0.2) is 0 Å². The number of ether oxygens (including phenoxy) is 1. The van der Waals surface area contributed by atoms with E-state index in [0.29, 0.717) is 17.7 Å². The Kier molecular flexibility index (Phi) is 5.41. The number of halogens is 1. The summed E-state index contributed by atoms with van der Waals surface area (Å²) in [7, 11) is 3.06. The molecule has 5 nitrogen and oxygen atoms in total. The first-order valence-electron chi connectivity index (χ1n) is 6.37. The van der Waals surface area contributed by atoms with Gasteiger partial charge >= 0.3 is 0 Å². The molecule has 0 saturated heterocycles. The number of amides is 1. The zero-order valence-electron chi connectivity index (χ0n) is 12.8. The van der Waals surface area contributed by atoms with Crippen LogP contribution in [0.5, 0.6) is 0 Å². The lowest BCUT2D eigenvalue weighted by atomic mass is 10.0. The van der Waals surface area contributed by atoms with Crippen LogP contribution < -0.4 is 5.32 Å². The van der Waals surface area contributed by atoms with Gasteiger partial charge in [0.25, 0.3) is 15.0 Å². The van der Waals surface area contributed by atoms with E-state index in [2.05, 4.69) is 5.32 Å². The zero-order chi connectivity index (χ0) is 16.4. The van der Waals surface area contributed by atoms with E-state index in [0.717, 1.165) is 0 Å². The van der Waals surface area contributed by atoms with Crippen LogP contribution in [0.15, 0.2) is 17.0 Å². The fraction of sp³-hybridized carbons (Fsp3) is 0.500. The Labute approximate surface area is 130 Å². The zero-order valence-corrected chi connectivity index (χ0v) is 14.4. The van der Waals surface area contributed by atoms with E-state index in [9.17, 15) is 13.2 Å². The molecule has 21 heavy (non-hydrogen) atoms. The topological polar surface area (TPSA) is 72.5 Å². The standard InChI is InChI=1S/C14H20ClNO4S/c1-9-6-10(2)12(21(15,18)19)7-11(9)13(17)16-8-14(3,4)20-5/h6-7H,8H2,1-5H3,(H,16,17). The Hall–Kier alpha value is -1.11. The average molecular weight is 334 g/mol. The van der Waals surface area contributed by atoms with Crippen molar-refractivity contribution in [2.45, 2.75) is 38.2 Å². The van der Waals surface area contributed by atoms with E-state index in [1.807, 2.05) is 13.8 Å². The molecule has 118 valence electrons. The van der Waals surface area contributed by atoms with Gasteiger partial charge in [-0.15, -0.1) is 0 Å². The number of aryl methyl sites for hydroxylation is 2. The maximum atomic E-state index is 12.2. The summed E-state index contributed by atoms with van der Waals surface area (Å²) < 4.78 is 28.3. The molecule has 0 fully saturated rings. The lowest BCUT2D eigenvalue weighted by Crippen LogP contribution is -2.40. The second-order valence-corrected chi connectivity index (χ2v) is 8.05. The third-order valence-electron chi connectivity index (χ3n) is 3.26. The number of benzene rings is 1. The SMILES string of the molecule is COC(C)(C)CNC(=O)c1cc(S(=O)(=O)Cl)c(C)cc1C. The van der Waals surface area contributed by atoms with Gasteiger partial charge in [-0.05, 0) is 44.9 Å². The Bertz CT molecular complexity index is 653. The predicted octanol–water partition coefficient (Wildman–Crippen LogP) is 2.39. The summed E-state index contributed by atoms with van der Waals surface area (Å²) in [5, 5.41) is 2.73. The number of carbonyl (C=O) groups is 1. The van der Waals surface area contributed by atoms with Crippen LogP contribution in [0.2, 0.25) is 0 Å². The largest absolute Gasteiger partial charge is 0.377 e. The third-order valence-corrected chi connectivity index (χ3v) is 4.72. The molecule has 0 atom stereocenters. The van der Waals surface area contributed by atoms with Gasteiger partial charge in [0.2, 0.25) is 0 Å². The molecule has 0 aromatic heterocycles. The summed E-state index contributed by atoms with van der Waals surface area (Å²) in [6, 6.07) is 2.94. The molecule has 0 aliphatic carbocycles. The van der Waals surface area contributed by atoms with Gasteiger partial charge in [0, 0.05) is 29.9 Å². The highest BCUT2D eigenvalue weighted by atomic mass is 35.7. The van der Waals surface area contributed by atoms with E-state index < -0.39 is 14.7 Å². The van der Waals surface area contributed by atoms with Crippen molar-refractivity contribution in [2.24, 2.45) is 0 Å². The summed E-state index contributed by atoms with van der Waals surface area (Å²) in [6.07, 6.45) is 0. The van der Waals surface area contributed by atoms with Crippen molar-refractivity contribution >= 4 is 25.6 Å². The maximum Gasteiger partial charge on any atom is 0.261 e. The highest BCUT2D eigenvalue weighted by molar-refractivity contribution is 8.13. The van der Waals surface area contributed by atoms with Crippen molar-refractivity contribution in [2.75, 3.05) is 13.7 Å². The van der Waals surface area contributed by atoms with Gasteiger partial charge < -0.3 is 10.1 Å². The van der Waals surface area contributed by atoms with Crippen molar-refractivity contribution in [3.8, 4) is 0 Å². The smallest absolute Gasteiger partial charge is 0.261 e. The molecule has 0 heterocycles. The van der Waals surface area contributed by atoms with Gasteiger partial charge in [-0.3, -0.25) is 4.79 Å². The normalized spacial score (nSPS) is 12.3. The van der Waals surface area contributed by atoms with Crippen molar-refractivity contribution in [3.63, 3.8) is 0 Å². The Balaban J connectivity index is 3.11. The Morgan fingerprint density at radius 2 is 1.86 bits per heavy atom. The van der Waals surface area contributed by atoms with Gasteiger partial charge in [0.05, 0.1) is 10.5 Å². The molecule has 1 amide bonds. The van der Waals surface area contributed by atoms with Crippen LogP contribution in [-0.4, -0.2) is 33.6 Å². The molecule has 1 N–H and O–H groups in total. The summed E-state index contributed by atoms with van der Waals surface area (Å²) in [6.45, 7) is 7.36. The highest BCUT2D eigenvalue weighted by Crippen LogP contribution is 2.23. The molecule has 0 bridgehead atoms. The minimum atomic E-state index is -3.89. The number of hydrogen-bond acceptors (Lipinski definition) is 4. The minimum Gasteiger partial charge on any atom is -0.377 e. The first kappa shape index (κ1) is 17.9. The molecular formula is C14H20ClNO4S. The highest BCUT2D eigenvalue weighted by Gasteiger charge is 2.21. The van der Waals surface area contributed by atoms with Crippen LogP contribution in [0.3, 0.4) is 0 Å². The second kappa shape index (κ2) is 6.34. The molecular weight excluding hydrogens is 314 g/mol. The predicted molar refractivity (Wildman–Crippen MR) is 82.4 cm³/mol. The molecule has 1 aromatic rings. The molecule has 0 unspecified atom stereocenters. The number of carbonyl (C=O) groups excluding carboxylic acids is 1. The lowest BCUT2D eigenvalue weighted by Gasteiger charge is -2.23. The van der Waals surface area contributed by atoms with Crippen molar-refractivity contribution in [3.05, 3.63) is 28.8 Å². The minimum absolute atomic E-state index is 0.0501. The van der Waals surface area contributed by atoms with E-state index in [1.54, 1.807) is 27.0 Å². The summed E-state index contributed by atoms with van der Waals surface area (Å²) in [5.74, 6) is -0.362. The molecule has 0 spiro atoms. The first-order valence-corrected chi connectivity index (χ1v) is 8.68. The van der Waals surface area contributed by atoms with Gasteiger partial charge in [0.1, 0.15) is 0 Å². The summed E-state index contributed by atoms with van der Waals surface area (Å²) in [4.78, 5) is 12.2. The number of nitrogens with one attached hydrogen (secondary N) is 1. The molecule has 1 aromatic carbocycles. The Morgan fingerprint density at radius 3 is 2.33 bits per heavy atom. The van der Waals surface area contributed by atoms with E-state index >= 15 is 0 Å². The molecule has 0 radical (unpaired) electrons. The number of rotatable bonds is 5. The summed E-state index contributed by atoms with van der Waals surface area (Å²) in [5.41, 5.74) is 0.975. The maximum absolute atomic E-state index is 12.2. The van der Waals surface area contributed by atoms with Crippen LogP contribution in [0.4, 0.5) is 0 Å². The summed E-state index contributed by atoms with van der Waals surface area (Å²) >= 11 is 0. The molecule has 1 rings (SSSR count). The fourth-order valence-electron chi connectivity index (χ4n) is 1.80. The second-order valence-electron chi connectivity index (χ2n) is 5.52.